The van der Waals surface area contributed by atoms with Gasteiger partial charge in [-0.3, -0.25) is 19.4 Å². The maximum atomic E-state index is 13.6. The largest absolute Gasteiger partial charge is 0.343 e. The number of carbonyl (C=O) groups excluding carboxylic acids is 3. The zero-order valence-corrected chi connectivity index (χ0v) is 16.7. The number of hydrogen-bond acceptors (Lipinski definition) is 5. The number of aromatic nitrogens is 1. The highest BCUT2D eigenvalue weighted by molar-refractivity contribution is 6.07. The van der Waals surface area contributed by atoms with Gasteiger partial charge in [-0.05, 0) is 23.8 Å². The number of pyridine rings is 1. The molecule has 1 unspecified atom stereocenters. The number of benzene rings is 1. The Hall–Kier alpha value is -4.00. The van der Waals surface area contributed by atoms with E-state index in [1.807, 2.05) is 6.07 Å². The number of aliphatic imine (C=N–C) groups is 1. The summed E-state index contributed by atoms with van der Waals surface area (Å²) >= 11 is 0. The molecule has 10 heteroatoms. The van der Waals surface area contributed by atoms with E-state index < -0.39 is 43.3 Å². The lowest BCUT2D eigenvalue weighted by Gasteiger charge is -2.19. The molecule has 1 aromatic carbocycles. The van der Waals surface area contributed by atoms with Crippen molar-refractivity contribution < 1.29 is 23.2 Å². The van der Waals surface area contributed by atoms with Crippen LogP contribution in [0.1, 0.15) is 28.3 Å². The number of allylic oxidation sites excluding steroid dienone is 1. The van der Waals surface area contributed by atoms with Gasteiger partial charge in [-0.15, -0.1) is 0 Å². The van der Waals surface area contributed by atoms with E-state index >= 15 is 0 Å². The lowest BCUT2D eigenvalue weighted by Crippen LogP contribution is -2.43. The summed E-state index contributed by atoms with van der Waals surface area (Å²) in [5.74, 6) is -5.05. The number of likely N-dealkylation sites (tertiary alicyclic amines) is 1. The van der Waals surface area contributed by atoms with Gasteiger partial charge in [-0.25, -0.2) is 13.8 Å². The summed E-state index contributed by atoms with van der Waals surface area (Å²) in [5.41, 5.74) is 1.59. The van der Waals surface area contributed by atoms with Crippen molar-refractivity contribution in [2.75, 3.05) is 13.1 Å². The van der Waals surface area contributed by atoms with Crippen molar-refractivity contribution in [3.05, 3.63) is 53.7 Å². The standard InChI is InChI=1S/C22H17F2N5O3/c23-22(24)8-15(9-25)29(12-22)20(31)11-28-21(32)16-5-6-26-18-3-1-13(7-17(16)18)14-2-4-19(30)27-10-14/h1-7,10,14-15H,8,11-12H2,(H,28,32)/t14?,15-/m0/s1. The van der Waals surface area contributed by atoms with E-state index in [1.54, 1.807) is 24.3 Å². The smallest absolute Gasteiger partial charge is 0.269 e. The molecule has 0 saturated carbocycles. The first-order chi connectivity index (χ1) is 15.3. The minimum absolute atomic E-state index is 0.241. The Morgan fingerprint density at radius 3 is 2.84 bits per heavy atom. The highest BCUT2D eigenvalue weighted by Crippen LogP contribution is 2.31. The second-order valence-corrected chi connectivity index (χ2v) is 7.55. The molecule has 162 valence electrons. The van der Waals surface area contributed by atoms with Crippen LogP contribution >= 0.6 is 0 Å². The van der Waals surface area contributed by atoms with E-state index in [0.29, 0.717) is 10.9 Å². The molecule has 0 bridgehead atoms. The normalized spacial score (nSPS) is 21.5. The number of rotatable bonds is 4. The highest BCUT2D eigenvalue weighted by atomic mass is 19.3. The first kappa shape index (κ1) is 21.2. The zero-order valence-electron chi connectivity index (χ0n) is 16.7. The number of nitrogens with zero attached hydrogens (tertiary/aromatic N) is 4. The molecule has 3 amide bonds. The minimum atomic E-state index is -3.13. The fraction of sp³-hybridized carbons (Fsp3) is 0.273. The van der Waals surface area contributed by atoms with Gasteiger partial charge in [-0.1, -0.05) is 12.1 Å². The molecule has 0 aliphatic carbocycles. The number of nitriles is 1. The number of halogens is 2. The Labute approximate surface area is 181 Å². The van der Waals surface area contributed by atoms with Gasteiger partial charge < -0.3 is 10.2 Å². The van der Waals surface area contributed by atoms with Gasteiger partial charge in [0.15, 0.2) is 0 Å². The summed E-state index contributed by atoms with van der Waals surface area (Å²) in [6, 6.07) is 7.26. The summed E-state index contributed by atoms with van der Waals surface area (Å²) in [7, 11) is 0. The van der Waals surface area contributed by atoms with Gasteiger partial charge in [0, 0.05) is 36.2 Å². The predicted molar refractivity (Wildman–Crippen MR) is 110 cm³/mol. The molecule has 3 heterocycles. The quantitative estimate of drug-likeness (QED) is 0.785. The van der Waals surface area contributed by atoms with Crippen LogP contribution in [0, 0.1) is 11.3 Å². The lowest BCUT2D eigenvalue weighted by atomic mass is 9.95. The molecule has 0 spiro atoms. The molecule has 2 aliphatic heterocycles. The third-order valence-electron chi connectivity index (χ3n) is 5.34. The van der Waals surface area contributed by atoms with Crippen LogP contribution in [0.5, 0.6) is 0 Å². The molecule has 2 aliphatic rings. The van der Waals surface area contributed by atoms with Crippen molar-refractivity contribution in [2.24, 2.45) is 4.99 Å². The summed E-state index contributed by atoms with van der Waals surface area (Å²) in [4.78, 5) is 45.2. The van der Waals surface area contributed by atoms with E-state index in [0.717, 1.165) is 10.5 Å². The van der Waals surface area contributed by atoms with E-state index in [2.05, 4.69) is 15.3 Å². The minimum Gasteiger partial charge on any atom is -0.343 e. The molecule has 1 fully saturated rings. The van der Waals surface area contributed by atoms with Crippen molar-refractivity contribution in [1.29, 1.82) is 5.26 Å². The van der Waals surface area contributed by atoms with Gasteiger partial charge >= 0.3 is 0 Å². The number of alkyl halides is 2. The van der Waals surface area contributed by atoms with Crippen LogP contribution in [-0.4, -0.2) is 58.9 Å². The second kappa shape index (κ2) is 8.26. The van der Waals surface area contributed by atoms with Gasteiger partial charge in [0.2, 0.25) is 5.91 Å². The van der Waals surface area contributed by atoms with E-state index in [4.69, 9.17) is 5.26 Å². The van der Waals surface area contributed by atoms with Crippen molar-refractivity contribution in [2.45, 2.75) is 24.3 Å². The van der Waals surface area contributed by atoms with Gasteiger partial charge in [-0.2, -0.15) is 5.26 Å². The number of amides is 3. The van der Waals surface area contributed by atoms with Crippen molar-refractivity contribution in [3.63, 3.8) is 0 Å². The third kappa shape index (κ3) is 4.23. The summed E-state index contributed by atoms with van der Waals surface area (Å²) < 4.78 is 27.1. The molecule has 1 saturated heterocycles. The molecule has 2 atom stereocenters. The van der Waals surface area contributed by atoms with Crippen LogP contribution in [0.4, 0.5) is 8.78 Å². The Balaban J connectivity index is 1.52. The number of hydrogen-bond donors (Lipinski definition) is 1. The van der Waals surface area contributed by atoms with Gasteiger partial charge in [0.25, 0.3) is 17.7 Å². The molecule has 1 N–H and O–H groups in total. The fourth-order valence-electron chi connectivity index (χ4n) is 3.75. The van der Waals surface area contributed by atoms with Crippen LogP contribution in [0.15, 0.2) is 47.6 Å². The molecular weight excluding hydrogens is 420 g/mol. The maximum absolute atomic E-state index is 13.6. The van der Waals surface area contributed by atoms with Crippen LogP contribution in [-0.2, 0) is 9.59 Å². The lowest BCUT2D eigenvalue weighted by molar-refractivity contribution is -0.131. The molecule has 8 nitrogen and oxygen atoms in total. The first-order valence-corrected chi connectivity index (χ1v) is 9.77. The molecule has 2 aromatic rings. The summed E-state index contributed by atoms with van der Waals surface area (Å²) in [6.45, 7) is -1.36. The molecule has 0 radical (unpaired) electrons. The Kier molecular flexibility index (Phi) is 5.48. The highest BCUT2D eigenvalue weighted by Gasteiger charge is 2.47. The molecule has 32 heavy (non-hydrogen) atoms. The second-order valence-electron chi connectivity index (χ2n) is 7.55. The van der Waals surface area contributed by atoms with Crippen LogP contribution in [0.25, 0.3) is 10.9 Å². The number of nitrogens with one attached hydrogen (secondary N) is 1. The number of dihydropyridines is 1. The van der Waals surface area contributed by atoms with E-state index in [-0.39, 0.29) is 17.4 Å². The van der Waals surface area contributed by atoms with Crippen molar-refractivity contribution >= 4 is 34.8 Å². The number of fused-ring (bicyclic) bond motifs is 1. The SMILES string of the molecule is N#C[C@@H]1CC(F)(F)CN1C(=O)CNC(=O)c1ccnc2ccc(C3C=CC(=O)N=C3)cc12. The Morgan fingerprint density at radius 1 is 1.31 bits per heavy atom. The zero-order chi connectivity index (χ0) is 22.9. The van der Waals surface area contributed by atoms with Gasteiger partial charge in [0.1, 0.15) is 6.04 Å². The monoisotopic (exact) mass is 437 g/mol. The third-order valence-corrected chi connectivity index (χ3v) is 5.34. The van der Waals surface area contributed by atoms with E-state index in [9.17, 15) is 23.2 Å². The maximum Gasteiger partial charge on any atom is 0.269 e. The predicted octanol–water partition coefficient (Wildman–Crippen LogP) is 1.98. The Bertz CT molecular complexity index is 1200. The topological polar surface area (TPSA) is 116 Å². The van der Waals surface area contributed by atoms with Crippen molar-refractivity contribution in [3.8, 4) is 6.07 Å². The van der Waals surface area contributed by atoms with Crippen LogP contribution in [0.3, 0.4) is 0 Å². The number of carbonyl (C=O) groups is 3. The average Bonchev–Trinajstić information content (AvgIpc) is 3.11. The summed E-state index contributed by atoms with van der Waals surface area (Å²) in [5, 5.41) is 12.0. The molecule has 4 rings (SSSR count). The Morgan fingerprint density at radius 2 is 2.12 bits per heavy atom. The van der Waals surface area contributed by atoms with Gasteiger partial charge in [0.05, 0.1) is 30.2 Å². The molecule has 1 aromatic heterocycles. The first-order valence-electron chi connectivity index (χ1n) is 9.77. The summed E-state index contributed by atoms with van der Waals surface area (Å²) in [6.07, 6.45) is 5.31. The van der Waals surface area contributed by atoms with Crippen LogP contribution < -0.4 is 5.32 Å². The fourth-order valence-corrected chi connectivity index (χ4v) is 3.75. The van der Waals surface area contributed by atoms with Crippen LogP contribution in [0.2, 0.25) is 0 Å². The van der Waals surface area contributed by atoms with E-state index in [1.165, 1.54) is 24.6 Å². The molecular formula is C22H17F2N5O3. The van der Waals surface area contributed by atoms with Crippen molar-refractivity contribution in [1.82, 2.24) is 15.2 Å². The average molecular weight is 437 g/mol.